The normalized spacial score (nSPS) is 15.1. The quantitative estimate of drug-likeness (QED) is 0.587. The average molecular weight is 218 g/mol. The number of ketones is 1. The minimum atomic E-state index is -0.923. The minimum absolute atomic E-state index is 0.0742. The van der Waals surface area contributed by atoms with E-state index in [2.05, 4.69) is 6.92 Å². The van der Waals surface area contributed by atoms with E-state index in [4.69, 9.17) is 0 Å². The molecule has 0 aliphatic heterocycles. The lowest BCUT2D eigenvalue weighted by molar-refractivity contribution is -0.119. The first-order valence-electron chi connectivity index (χ1n) is 5.49. The summed E-state index contributed by atoms with van der Waals surface area (Å²) in [6, 6.07) is 0. The van der Waals surface area contributed by atoms with Crippen LogP contribution < -0.4 is 0 Å². The molecule has 84 valence electrons. The van der Waals surface area contributed by atoms with Gasteiger partial charge in [0.15, 0.2) is 0 Å². The molecule has 0 saturated heterocycles. The summed E-state index contributed by atoms with van der Waals surface area (Å²) in [6.07, 6.45) is 4.08. The molecule has 0 aromatic carbocycles. The monoisotopic (exact) mass is 218 g/mol. The maximum absolute atomic E-state index is 11.4. The molecule has 0 bridgehead atoms. The number of Topliss-reactive ketones (excluding diaryl/α,β-unsaturated/α-hetero) is 1. The molecule has 0 N–H and O–H groups in total. The molecule has 2 unspecified atom stereocenters. The zero-order chi connectivity index (χ0) is 11.0. The second-order valence-corrected chi connectivity index (χ2v) is 5.35. The van der Waals surface area contributed by atoms with Gasteiger partial charge in [0.25, 0.3) is 0 Å². The van der Waals surface area contributed by atoms with Crippen LogP contribution in [0.1, 0.15) is 46.5 Å². The van der Waals surface area contributed by atoms with Gasteiger partial charge in [-0.15, -0.1) is 0 Å². The van der Waals surface area contributed by atoms with Crippen LogP contribution in [0.15, 0.2) is 0 Å². The van der Waals surface area contributed by atoms with Crippen LogP contribution in [0.5, 0.6) is 0 Å². The maximum atomic E-state index is 11.4. The summed E-state index contributed by atoms with van der Waals surface area (Å²) in [6.45, 7) is 6.02. The van der Waals surface area contributed by atoms with E-state index in [9.17, 15) is 9.00 Å². The number of carbonyl (C=O) groups is 1. The average Bonchev–Trinajstić information content (AvgIpc) is 2.16. The Morgan fingerprint density at radius 1 is 1.29 bits per heavy atom. The second-order valence-electron chi connectivity index (χ2n) is 3.77. The van der Waals surface area contributed by atoms with Crippen LogP contribution in [0, 0.1) is 5.92 Å². The van der Waals surface area contributed by atoms with Crippen LogP contribution in [0.25, 0.3) is 0 Å². The molecule has 0 heterocycles. The first kappa shape index (κ1) is 13.8. The summed E-state index contributed by atoms with van der Waals surface area (Å²) >= 11 is 0. The van der Waals surface area contributed by atoms with E-state index in [-0.39, 0.29) is 17.5 Å². The van der Waals surface area contributed by atoms with Crippen molar-refractivity contribution in [3.8, 4) is 0 Å². The van der Waals surface area contributed by atoms with Crippen molar-refractivity contribution in [2.24, 2.45) is 5.92 Å². The molecule has 3 heteroatoms. The fourth-order valence-electron chi connectivity index (χ4n) is 1.11. The highest BCUT2D eigenvalue weighted by molar-refractivity contribution is 7.85. The third-order valence-corrected chi connectivity index (χ3v) is 3.79. The molecular formula is C11H22O2S. The maximum Gasteiger partial charge on any atom is 0.148 e. The van der Waals surface area contributed by atoms with Gasteiger partial charge in [-0.25, -0.2) is 0 Å². The lowest BCUT2D eigenvalue weighted by Gasteiger charge is -2.06. The van der Waals surface area contributed by atoms with Gasteiger partial charge < -0.3 is 0 Å². The highest BCUT2D eigenvalue weighted by atomic mass is 32.2. The molecule has 0 aromatic heterocycles. The van der Waals surface area contributed by atoms with E-state index in [1.807, 2.05) is 13.8 Å². The molecule has 0 aliphatic rings. The Kier molecular flexibility index (Phi) is 8.05. The van der Waals surface area contributed by atoms with Crippen molar-refractivity contribution < 1.29 is 9.00 Å². The molecule has 0 radical (unpaired) electrons. The molecule has 0 aliphatic carbocycles. The summed E-state index contributed by atoms with van der Waals surface area (Å²) in [4.78, 5) is 11.4. The van der Waals surface area contributed by atoms with Crippen LogP contribution in [-0.4, -0.2) is 21.5 Å². The second kappa shape index (κ2) is 8.16. The van der Waals surface area contributed by atoms with E-state index >= 15 is 0 Å². The van der Waals surface area contributed by atoms with Crippen molar-refractivity contribution in [2.45, 2.75) is 46.5 Å². The molecule has 14 heavy (non-hydrogen) atoms. The van der Waals surface area contributed by atoms with Gasteiger partial charge in [-0.2, -0.15) is 0 Å². The predicted octanol–water partition coefficient (Wildman–Crippen LogP) is 2.54. The summed E-state index contributed by atoms with van der Waals surface area (Å²) in [5.74, 6) is 1.18. The van der Waals surface area contributed by atoms with Gasteiger partial charge >= 0.3 is 0 Å². The number of unbranched alkanes of at least 4 members (excludes halogenated alkanes) is 2. The zero-order valence-corrected chi connectivity index (χ0v) is 10.4. The Hall–Kier alpha value is -0.180. The van der Waals surface area contributed by atoms with Crippen molar-refractivity contribution >= 4 is 16.6 Å². The highest BCUT2D eigenvalue weighted by Crippen LogP contribution is 2.04. The molecule has 0 spiro atoms. The Balaban J connectivity index is 3.66. The third kappa shape index (κ3) is 6.30. The molecule has 2 nitrogen and oxygen atoms in total. The molecule has 0 saturated carbocycles. The highest BCUT2D eigenvalue weighted by Gasteiger charge is 2.13. The van der Waals surface area contributed by atoms with E-state index in [0.717, 1.165) is 25.7 Å². The first-order chi connectivity index (χ1) is 6.61. The van der Waals surface area contributed by atoms with Crippen LogP contribution >= 0.6 is 0 Å². The zero-order valence-electron chi connectivity index (χ0n) is 9.54. The van der Waals surface area contributed by atoms with Crippen LogP contribution in [0.4, 0.5) is 0 Å². The van der Waals surface area contributed by atoms with Crippen molar-refractivity contribution in [2.75, 3.05) is 11.5 Å². The topological polar surface area (TPSA) is 34.1 Å². The van der Waals surface area contributed by atoms with Crippen LogP contribution in [0.2, 0.25) is 0 Å². The minimum Gasteiger partial charge on any atom is -0.298 e. The van der Waals surface area contributed by atoms with E-state index < -0.39 is 10.8 Å². The van der Waals surface area contributed by atoms with Gasteiger partial charge in [0, 0.05) is 22.5 Å². The molecule has 0 amide bonds. The first-order valence-corrected chi connectivity index (χ1v) is 6.98. The standard InChI is InChI=1S/C11H22O2S/c1-4-6-7-8-14(13)9-11(12)10(3)5-2/h10H,4-9H2,1-3H3. The van der Waals surface area contributed by atoms with Gasteiger partial charge in [-0.3, -0.25) is 9.00 Å². The number of rotatable bonds is 8. The van der Waals surface area contributed by atoms with Crippen LogP contribution in [0.3, 0.4) is 0 Å². The van der Waals surface area contributed by atoms with Crippen molar-refractivity contribution in [1.29, 1.82) is 0 Å². The van der Waals surface area contributed by atoms with Gasteiger partial charge in [0.1, 0.15) is 5.78 Å². The van der Waals surface area contributed by atoms with Gasteiger partial charge in [-0.05, 0) is 12.8 Å². The summed E-state index contributed by atoms with van der Waals surface area (Å²) in [7, 11) is -0.923. The number of carbonyl (C=O) groups excluding carboxylic acids is 1. The van der Waals surface area contributed by atoms with E-state index in [1.165, 1.54) is 0 Å². The Bertz CT molecular complexity index is 190. The largest absolute Gasteiger partial charge is 0.298 e. The molecule has 0 aromatic rings. The molecule has 2 atom stereocenters. The smallest absolute Gasteiger partial charge is 0.148 e. The number of hydrogen-bond donors (Lipinski definition) is 0. The SMILES string of the molecule is CCCCCS(=O)CC(=O)C(C)CC. The third-order valence-electron chi connectivity index (χ3n) is 2.44. The lowest BCUT2D eigenvalue weighted by atomic mass is 10.1. The van der Waals surface area contributed by atoms with E-state index in [1.54, 1.807) is 0 Å². The molecule has 0 rings (SSSR count). The molecular weight excluding hydrogens is 196 g/mol. The summed E-state index contributed by atoms with van der Waals surface area (Å²) < 4.78 is 11.4. The van der Waals surface area contributed by atoms with Gasteiger partial charge in [0.05, 0.1) is 5.75 Å². The predicted molar refractivity (Wildman–Crippen MR) is 61.9 cm³/mol. The van der Waals surface area contributed by atoms with Crippen LogP contribution in [-0.2, 0) is 15.6 Å². The summed E-state index contributed by atoms with van der Waals surface area (Å²) in [5.41, 5.74) is 0. The lowest BCUT2D eigenvalue weighted by Crippen LogP contribution is -2.19. The number of hydrogen-bond acceptors (Lipinski definition) is 2. The van der Waals surface area contributed by atoms with Crippen molar-refractivity contribution in [3.63, 3.8) is 0 Å². The fraction of sp³-hybridized carbons (Fsp3) is 0.909. The van der Waals surface area contributed by atoms with Crippen molar-refractivity contribution in [1.82, 2.24) is 0 Å². The van der Waals surface area contributed by atoms with Gasteiger partial charge in [0.2, 0.25) is 0 Å². The Morgan fingerprint density at radius 2 is 1.93 bits per heavy atom. The molecule has 0 fully saturated rings. The van der Waals surface area contributed by atoms with Gasteiger partial charge in [-0.1, -0.05) is 33.6 Å². The summed E-state index contributed by atoms with van der Waals surface area (Å²) in [5, 5.41) is 0. The van der Waals surface area contributed by atoms with E-state index in [0.29, 0.717) is 5.75 Å². The Labute approximate surface area is 89.9 Å². The van der Waals surface area contributed by atoms with Crippen molar-refractivity contribution in [3.05, 3.63) is 0 Å². The Morgan fingerprint density at radius 3 is 2.43 bits per heavy atom. The fourth-order valence-corrected chi connectivity index (χ4v) is 2.39.